The standard InChI is InChI=1S/C18H22N2O3/c1-17(2)18(3,4)23-20(22-17)14-7-11-16(12-8-14)21-15-9-5-13(19)6-10-15/h5-12H,19H2,1-4H3. The largest absolute Gasteiger partial charge is 0.457 e. The summed E-state index contributed by atoms with van der Waals surface area (Å²) in [5.74, 6) is 1.47. The van der Waals surface area contributed by atoms with Gasteiger partial charge >= 0.3 is 0 Å². The molecule has 1 aliphatic heterocycles. The monoisotopic (exact) mass is 314 g/mol. The molecule has 0 aliphatic carbocycles. The van der Waals surface area contributed by atoms with Crippen molar-refractivity contribution in [2.75, 3.05) is 11.0 Å². The van der Waals surface area contributed by atoms with Crippen LogP contribution in [0.3, 0.4) is 0 Å². The van der Waals surface area contributed by atoms with Crippen LogP contribution in [-0.4, -0.2) is 11.2 Å². The highest BCUT2D eigenvalue weighted by molar-refractivity contribution is 5.48. The number of hydrogen-bond acceptors (Lipinski definition) is 5. The Morgan fingerprint density at radius 1 is 0.783 bits per heavy atom. The number of ether oxygens (including phenoxy) is 1. The van der Waals surface area contributed by atoms with Crippen molar-refractivity contribution in [3.63, 3.8) is 0 Å². The van der Waals surface area contributed by atoms with Gasteiger partial charge in [-0.2, -0.15) is 0 Å². The Kier molecular flexibility index (Phi) is 3.70. The van der Waals surface area contributed by atoms with E-state index in [2.05, 4.69) is 0 Å². The van der Waals surface area contributed by atoms with E-state index in [9.17, 15) is 0 Å². The lowest BCUT2D eigenvalue weighted by molar-refractivity contribution is -0.0273. The van der Waals surface area contributed by atoms with E-state index in [1.54, 1.807) is 12.1 Å². The van der Waals surface area contributed by atoms with Gasteiger partial charge in [0.15, 0.2) is 0 Å². The molecular weight excluding hydrogens is 292 g/mol. The van der Waals surface area contributed by atoms with Crippen LogP contribution in [0.25, 0.3) is 0 Å². The van der Waals surface area contributed by atoms with Crippen molar-refractivity contribution in [2.24, 2.45) is 0 Å². The lowest BCUT2D eigenvalue weighted by atomic mass is 9.90. The third kappa shape index (κ3) is 3.11. The Hall–Kier alpha value is -2.24. The molecule has 1 aliphatic rings. The minimum absolute atomic E-state index is 0.411. The molecule has 0 atom stereocenters. The van der Waals surface area contributed by atoms with Crippen molar-refractivity contribution in [3.8, 4) is 11.5 Å². The Bertz CT molecular complexity index is 662. The third-order valence-corrected chi connectivity index (χ3v) is 4.24. The smallest absolute Gasteiger partial charge is 0.127 e. The van der Waals surface area contributed by atoms with E-state index in [1.807, 2.05) is 64.1 Å². The van der Waals surface area contributed by atoms with E-state index in [0.717, 1.165) is 17.2 Å². The number of hydrogen-bond donors (Lipinski definition) is 1. The predicted octanol–water partition coefficient (Wildman–Crippen LogP) is 4.30. The summed E-state index contributed by atoms with van der Waals surface area (Å²) in [5, 5.41) is 1.47. The molecule has 0 spiro atoms. The van der Waals surface area contributed by atoms with Crippen molar-refractivity contribution in [1.82, 2.24) is 0 Å². The number of rotatable bonds is 3. The summed E-state index contributed by atoms with van der Waals surface area (Å²) in [5.41, 5.74) is 6.37. The lowest BCUT2D eigenvalue weighted by Gasteiger charge is -2.26. The van der Waals surface area contributed by atoms with Gasteiger partial charge in [0.25, 0.3) is 0 Å². The second-order valence-electron chi connectivity index (χ2n) is 6.63. The Morgan fingerprint density at radius 2 is 1.22 bits per heavy atom. The van der Waals surface area contributed by atoms with Crippen molar-refractivity contribution >= 4 is 11.4 Å². The van der Waals surface area contributed by atoms with Crippen LogP contribution in [0.5, 0.6) is 11.5 Å². The first-order valence-electron chi connectivity index (χ1n) is 7.59. The molecule has 1 heterocycles. The summed E-state index contributed by atoms with van der Waals surface area (Å²) < 4.78 is 5.78. The first-order valence-corrected chi connectivity index (χ1v) is 7.59. The van der Waals surface area contributed by atoms with Crippen molar-refractivity contribution < 1.29 is 14.4 Å². The molecule has 3 rings (SSSR count). The van der Waals surface area contributed by atoms with Gasteiger partial charge in [-0.3, -0.25) is 0 Å². The highest BCUT2D eigenvalue weighted by Crippen LogP contribution is 2.40. The van der Waals surface area contributed by atoms with Crippen LogP contribution >= 0.6 is 0 Å². The minimum Gasteiger partial charge on any atom is -0.457 e. The zero-order valence-corrected chi connectivity index (χ0v) is 13.9. The van der Waals surface area contributed by atoms with Crippen LogP contribution in [0.1, 0.15) is 27.7 Å². The second kappa shape index (κ2) is 5.44. The van der Waals surface area contributed by atoms with Crippen molar-refractivity contribution in [2.45, 2.75) is 38.9 Å². The molecule has 1 saturated heterocycles. The molecule has 122 valence electrons. The van der Waals surface area contributed by atoms with Gasteiger partial charge in [-0.15, -0.1) is 5.23 Å². The van der Waals surface area contributed by atoms with Gasteiger partial charge in [0.05, 0.1) is 5.69 Å². The summed E-state index contributed by atoms with van der Waals surface area (Å²) in [4.78, 5) is 11.8. The van der Waals surface area contributed by atoms with Crippen molar-refractivity contribution in [3.05, 3.63) is 48.5 Å². The lowest BCUT2D eigenvalue weighted by Crippen LogP contribution is -2.41. The maximum absolute atomic E-state index is 5.88. The maximum atomic E-state index is 5.88. The number of benzene rings is 2. The van der Waals surface area contributed by atoms with Gasteiger partial charge in [0.2, 0.25) is 0 Å². The highest BCUT2D eigenvalue weighted by Gasteiger charge is 2.50. The van der Waals surface area contributed by atoms with Crippen LogP contribution in [0.4, 0.5) is 11.4 Å². The second-order valence-corrected chi connectivity index (χ2v) is 6.63. The Labute approximate surface area is 136 Å². The van der Waals surface area contributed by atoms with Gasteiger partial charge < -0.3 is 10.5 Å². The van der Waals surface area contributed by atoms with Crippen LogP contribution in [-0.2, 0) is 9.68 Å². The fourth-order valence-electron chi connectivity index (χ4n) is 2.07. The molecule has 1 fully saturated rings. The topological polar surface area (TPSA) is 57.0 Å². The van der Waals surface area contributed by atoms with Gasteiger partial charge in [0.1, 0.15) is 22.7 Å². The number of nitrogens with zero attached hydrogens (tertiary/aromatic N) is 1. The molecule has 0 unspecified atom stereocenters. The average molecular weight is 314 g/mol. The Balaban J connectivity index is 1.72. The molecular formula is C18H22N2O3. The summed E-state index contributed by atoms with van der Waals surface area (Å²) in [6.07, 6.45) is 0. The van der Waals surface area contributed by atoms with Gasteiger partial charge in [-0.25, -0.2) is 9.68 Å². The number of anilines is 2. The van der Waals surface area contributed by atoms with Gasteiger partial charge in [-0.05, 0) is 76.2 Å². The van der Waals surface area contributed by atoms with E-state index in [4.69, 9.17) is 20.1 Å². The molecule has 5 heteroatoms. The molecule has 0 bridgehead atoms. The molecule has 2 aromatic rings. The third-order valence-electron chi connectivity index (χ3n) is 4.24. The first kappa shape index (κ1) is 15.6. The fraction of sp³-hybridized carbons (Fsp3) is 0.333. The summed E-state index contributed by atoms with van der Waals surface area (Å²) in [6, 6.07) is 14.8. The fourth-order valence-corrected chi connectivity index (χ4v) is 2.07. The van der Waals surface area contributed by atoms with E-state index in [0.29, 0.717) is 5.69 Å². The van der Waals surface area contributed by atoms with Crippen LogP contribution < -0.4 is 15.7 Å². The maximum Gasteiger partial charge on any atom is 0.127 e. The zero-order chi connectivity index (χ0) is 16.7. The predicted molar refractivity (Wildman–Crippen MR) is 90.2 cm³/mol. The average Bonchev–Trinajstić information content (AvgIpc) is 2.71. The van der Waals surface area contributed by atoms with E-state index in [1.165, 1.54) is 5.23 Å². The number of nitrogen functional groups attached to an aromatic ring is 1. The van der Waals surface area contributed by atoms with Gasteiger partial charge in [0, 0.05) is 5.69 Å². The van der Waals surface area contributed by atoms with E-state index in [-0.39, 0.29) is 0 Å². The van der Waals surface area contributed by atoms with E-state index >= 15 is 0 Å². The highest BCUT2D eigenvalue weighted by atomic mass is 17.0. The van der Waals surface area contributed by atoms with Crippen molar-refractivity contribution in [1.29, 1.82) is 0 Å². The quantitative estimate of drug-likeness (QED) is 0.856. The molecule has 2 N–H and O–H groups in total. The van der Waals surface area contributed by atoms with Crippen LogP contribution in [0.2, 0.25) is 0 Å². The molecule has 5 nitrogen and oxygen atoms in total. The molecule has 2 aromatic carbocycles. The molecule has 0 radical (unpaired) electrons. The molecule has 23 heavy (non-hydrogen) atoms. The van der Waals surface area contributed by atoms with Crippen LogP contribution in [0, 0.1) is 0 Å². The summed E-state index contributed by atoms with van der Waals surface area (Å²) in [7, 11) is 0. The van der Waals surface area contributed by atoms with Gasteiger partial charge in [-0.1, -0.05) is 0 Å². The zero-order valence-electron chi connectivity index (χ0n) is 13.9. The molecule has 0 aromatic heterocycles. The normalized spacial score (nSPS) is 18.9. The first-order chi connectivity index (χ1) is 10.8. The SMILES string of the molecule is CC1(C)ON(c2ccc(Oc3ccc(N)cc3)cc2)OC1(C)C. The van der Waals surface area contributed by atoms with Crippen LogP contribution in [0.15, 0.2) is 48.5 Å². The summed E-state index contributed by atoms with van der Waals surface area (Å²) >= 11 is 0. The Morgan fingerprint density at radius 3 is 1.70 bits per heavy atom. The summed E-state index contributed by atoms with van der Waals surface area (Å²) in [6.45, 7) is 8.02. The minimum atomic E-state index is -0.411. The van der Waals surface area contributed by atoms with E-state index < -0.39 is 11.2 Å². The molecule has 0 amide bonds. The number of nitrogens with two attached hydrogens (primary N) is 1. The molecule has 0 saturated carbocycles.